The van der Waals surface area contributed by atoms with Crippen molar-refractivity contribution >= 4 is 17.1 Å². The highest BCUT2D eigenvalue weighted by molar-refractivity contribution is 5.69. The molecular formula is C15H12F3N3. The number of hydrogen-bond acceptors (Lipinski definition) is 3. The molecular weight excluding hydrogens is 279 g/mol. The molecule has 0 unspecified atom stereocenters. The quantitative estimate of drug-likeness (QED) is 0.815. The molecule has 2 aromatic rings. The fourth-order valence-corrected chi connectivity index (χ4v) is 1.83. The first kappa shape index (κ1) is 14.7. The molecule has 3 nitrogen and oxygen atoms in total. The summed E-state index contributed by atoms with van der Waals surface area (Å²) in [4.78, 5) is 0. The highest BCUT2D eigenvalue weighted by Crippen LogP contribution is 2.32. The molecule has 21 heavy (non-hydrogen) atoms. The van der Waals surface area contributed by atoms with E-state index in [0.29, 0.717) is 17.1 Å². The molecule has 3 N–H and O–H groups in total. The average Bonchev–Trinajstić information content (AvgIpc) is 2.42. The Morgan fingerprint density at radius 2 is 1.86 bits per heavy atom. The first-order valence-corrected chi connectivity index (χ1v) is 6.06. The Morgan fingerprint density at radius 1 is 1.14 bits per heavy atom. The number of nitrogens with one attached hydrogen (secondary N) is 1. The number of alkyl halides is 3. The molecule has 108 valence electrons. The summed E-state index contributed by atoms with van der Waals surface area (Å²) >= 11 is 0. The van der Waals surface area contributed by atoms with Gasteiger partial charge < -0.3 is 11.1 Å². The number of nitrogen functional groups attached to an aromatic ring is 1. The Kier molecular flexibility index (Phi) is 3.76. The van der Waals surface area contributed by atoms with Gasteiger partial charge in [0.15, 0.2) is 0 Å². The molecule has 0 fully saturated rings. The van der Waals surface area contributed by atoms with Gasteiger partial charge >= 0.3 is 6.18 Å². The predicted octanol–water partition coefficient (Wildman–Crippen LogP) is 4.21. The lowest BCUT2D eigenvalue weighted by atomic mass is 10.1. The van der Waals surface area contributed by atoms with E-state index in [1.807, 2.05) is 6.92 Å². The summed E-state index contributed by atoms with van der Waals surface area (Å²) in [7, 11) is 0. The van der Waals surface area contributed by atoms with E-state index in [0.717, 1.165) is 17.7 Å². The van der Waals surface area contributed by atoms with Crippen LogP contribution >= 0.6 is 0 Å². The van der Waals surface area contributed by atoms with E-state index in [-0.39, 0.29) is 5.56 Å². The van der Waals surface area contributed by atoms with Gasteiger partial charge in [-0.3, -0.25) is 0 Å². The van der Waals surface area contributed by atoms with E-state index < -0.39 is 11.7 Å². The zero-order valence-electron chi connectivity index (χ0n) is 11.1. The van der Waals surface area contributed by atoms with E-state index in [1.54, 1.807) is 24.3 Å². The first-order valence-electron chi connectivity index (χ1n) is 6.06. The third-order valence-electron chi connectivity index (χ3n) is 3.02. The molecule has 0 heterocycles. The van der Waals surface area contributed by atoms with Crippen LogP contribution in [0, 0.1) is 18.3 Å². The molecule has 0 aliphatic heterocycles. The third kappa shape index (κ3) is 3.26. The number of nitrogens with zero attached hydrogens (tertiary/aromatic N) is 1. The van der Waals surface area contributed by atoms with Crippen LogP contribution in [0.1, 0.15) is 16.7 Å². The van der Waals surface area contributed by atoms with Gasteiger partial charge in [-0.25, -0.2) is 0 Å². The molecule has 6 heteroatoms. The van der Waals surface area contributed by atoms with Gasteiger partial charge in [0, 0.05) is 11.4 Å². The fraction of sp³-hybridized carbons (Fsp3) is 0.133. The second-order valence-corrected chi connectivity index (χ2v) is 4.57. The van der Waals surface area contributed by atoms with E-state index in [1.165, 1.54) is 6.07 Å². The summed E-state index contributed by atoms with van der Waals surface area (Å²) in [5.74, 6) is 0. The highest BCUT2D eigenvalue weighted by atomic mass is 19.4. The zero-order valence-corrected chi connectivity index (χ0v) is 11.1. The maximum atomic E-state index is 12.6. The Bertz CT molecular complexity index is 715. The number of halogens is 3. The molecule has 0 aliphatic rings. The maximum Gasteiger partial charge on any atom is 0.416 e. The molecule has 0 saturated heterocycles. The van der Waals surface area contributed by atoms with Crippen molar-refractivity contribution in [3.8, 4) is 6.07 Å². The molecule has 0 amide bonds. The van der Waals surface area contributed by atoms with Gasteiger partial charge in [-0.1, -0.05) is 0 Å². The van der Waals surface area contributed by atoms with Gasteiger partial charge in [0.2, 0.25) is 0 Å². The molecule has 0 spiro atoms. The minimum atomic E-state index is -4.47. The van der Waals surface area contributed by atoms with Crippen molar-refractivity contribution in [2.75, 3.05) is 11.1 Å². The smallest absolute Gasteiger partial charge is 0.399 e. The molecule has 2 aromatic carbocycles. The largest absolute Gasteiger partial charge is 0.416 e. The van der Waals surface area contributed by atoms with Gasteiger partial charge in [-0.15, -0.1) is 0 Å². The van der Waals surface area contributed by atoms with Crippen LogP contribution in [-0.2, 0) is 6.18 Å². The van der Waals surface area contributed by atoms with E-state index in [4.69, 9.17) is 11.0 Å². The topological polar surface area (TPSA) is 61.8 Å². The van der Waals surface area contributed by atoms with Crippen LogP contribution in [0.2, 0.25) is 0 Å². The number of aryl methyl sites for hydroxylation is 1. The van der Waals surface area contributed by atoms with Crippen LogP contribution in [0.25, 0.3) is 0 Å². The third-order valence-corrected chi connectivity index (χ3v) is 3.02. The van der Waals surface area contributed by atoms with Crippen LogP contribution in [0.4, 0.5) is 30.2 Å². The van der Waals surface area contributed by atoms with E-state index in [2.05, 4.69) is 5.32 Å². The summed E-state index contributed by atoms with van der Waals surface area (Å²) in [5, 5.41) is 11.9. The monoisotopic (exact) mass is 291 g/mol. The van der Waals surface area contributed by atoms with Crippen molar-refractivity contribution in [1.29, 1.82) is 5.26 Å². The highest BCUT2D eigenvalue weighted by Gasteiger charge is 2.31. The molecule has 0 radical (unpaired) electrons. The van der Waals surface area contributed by atoms with Crippen molar-refractivity contribution in [3.05, 3.63) is 53.1 Å². The molecule has 0 aromatic heterocycles. The number of rotatable bonds is 2. The van der Waals surface area contributed by atoms with Crippen molar-refractivity contribution in [2.24, 2.45) is 0 Å². The van der Waals surface area contributed by atoms with Gasteiger partial charge in [-0.2, -0.15) is 18.4 Å². The lowest BCUT2D eigenvalue weighted by Gasteiger charge is -2.12. The number of benzene rings is 2. The van der Waals surface area contributed by atoms with Crippen LogP contribution in [0.5, 0.6) is 0 Å². The van der Waals surface area contributed by atoms with Gasteiger partial charge in [-0.05, 0) is 48.9 Å². The van der Waals surface area contributed by atoms with Crippen molar-refractivity contribution in [3.63, 3.8) is 0 Å². The fourth-order valence-electron chi connectivity index (χ4n) is 1.83. The Morgan fingerprint density at radius 3 is 2.43 bits per heavy atom. The minimum Gasteiger partial charge on any atom is -0.399 e. The lowest BCUT2D eigenvalue weighted by Crippen LogP contribution is -2.06. The summed E-state index contributed by atoms with van der Waals surface area (Å²) < 4.78 is 37.8. The summed E-state index contributed by atoms with van der Waals surface area (Å²) in [6.07, 6.45) is -4.47. The van der Waals surface area contributed by atoms with E-state index in [9.17, 15) is 13.2 Å². The maximum absolute atomic E-state index is 12.6. The SMILES string of the molecule is Cc1cc(Nc2ccc(C(F)(F)F)cc2C#N)ccc1N. The van der Waals surface area contributed by atoms with Crippen LogP contribution in [0.15, 0.2) is 36.4 Å². The van der Waals surface area contributed by atoms with E-state index >= 15 is 0 Å². The lowest BCUT2D eigenvalue weighted by molar-refractivity contribution is -0.137. The first-order chi connectivity index (χ1) is 9.81. The van der Waals surface area contributed by atoms with Crippen LogP contribution in [0.3, 0.4) is 0 Å². The van der Waals surface area contributed by atoms with Crippen molar-refractivity contribution in [2.45, 2.75) is 13.1 Å². The minimum absolute atomic E-state index is 0.0701. The van der Waals surface area contributed by atoms with Gasteiger partial charge in [0.25, 0.3) is 0 Å². The summed E-state index contributed by atoms with van der Waals surface area (Å²) in [6, 6.07) is 9.92. The Labute approximate surface area is 119 Å². The van der Waals surface area contributed by atoms with Gasteiger partial charge in [0.05, 0.1) is 16.8 Å². The number of hydrogen-bond donors (Lipinski definition) is 2. The molecule has 0 aliphatic carbocycles. The average molecular weight is 291 g/mol. The number of anilines is 3. The molecule has 0 bridgehead atoms. The Hall–Kier alpha value is -2.68. The molecule has 2 rings (SSSR count). The molecule has 0 saturated carbocycles. The normalized spacial score (nSPS) is 11.0. The Balaban J connectivity index is 2.36. The van der Waals surface area contributed by atoms with Gasteiger partial charge in [0.1, 0.15) is 6.07 Å². The summed E-state index contributed by atoms with van der Waals surface area (Å²) in [5.41, 5.74) is 7.20. The van der Waals surface area contributed by atoms with Crippen molar-refractivity contribution < 1.29 is 13.2 Å². The zero-order chi connectivity index (χ0) is 15.6. The standard InChI is InChI=1S/C15H12F3N3/c1-9-6-12(3-4-13(9)20)21-14-5-2-11(15(16,17)18)7-10(14)8-19/h2-7,21H,20H2,1H3. The summed E-state index contributed by atoms with van der Waals surface area (Å²) in [6.45, 7) is 1.82. The van der Waals surface area contributed by atoms with Crippen molar-refractivity contribution in [1.82, 2.24) is 0 Å². The number of nitrogens with two attached hydrogens (primary N) is 1. The van der Waals surface area contributed by atoms with Crippen LogP contribution < -0.4 is 11.1 Å². The number of nitriles is 1. The van der Waals surface area contributed by atoms with Crippen LogP contribution in [-0.4, -0.2) is 0 Å². The predicted molar refractivity (Wildman–Crippen MR) is 75.0 cm³/mol. The second-order valence-electron chi connectivity index (χ2n) is 4.57. The molecule has 0 atom stereocenters. The second kappa shape index (κ2) is 5.37.